The number of aliphatic imine (C=N–C) groups is 1. The first-order valence-electron chi connectivity index (χ1n) is 6.18. The number of hydrogen-bond donors (Lipinski definition) is 0. The molecule has 1 rings (SSSR count). The number of carbonyl (C=O) groups is 1. The number of carbonyl (C=O) groups excluding carboxylic acids is 1. The first-order valence-corrected chi connectivity index (χ1v) is 6.18. The lowest BCUT2D eigenvalue weighted by Gasteiger charge is -2.19. The summed E-state index contributed by atoms with van der Waals surface area (Å²) in [6.45, 7) is 11.2. The summed E-state index contributed by atoms with van der Waals surface area (Å²) in [5.74, 6) is -0.174. The molecule has 0 spiro atoms. The number of amides is 1. The van der Waals surface area contributed by atoms with Crippen molar-refractivity contribution in [2.75, 3.05) is 0 Å². The van der Waals surface area contributed by atoms with Crippen molar-refractivity contribution < 1.29 is 9.18 Å². The molecule has 0 aliphatic heterocycles. The van der Waals surface area contributed by atoms with E-state index in [0.717, 1.165) is 16.7 Å². The van der Waals surface area contributed by atoms with Gasteiger partial charge in [0.05, 0.1) is 6.42 Å². The molecule has 98 valence electrons. The third-order valence-electron chi connectivity index (χ3n) is 3.03. The van der Waals surface area contributed by atoms with Gasteiger partial charge in [-0.3, -0.25) is 4.79 Å². The van der Waals surface area contributed by atoms with Crippen molar-refractivity contribution in [2.24, 2.45) is 4.99 Å². The largest absolute Gasteiger partial charge is 0.272 e. The van der Waals surface area contributed by atoms with E-state index in [4.69, 9.17) is 0 Å². The van der Waals surface area contributed by atoms with Gasteiger partial charge in [-0.2, -0.15) is 0 Å². The van der Waals surface area contributed by atoms with E-state index in [0.29, 0.717) is 0 Å². The second kappa shape index (κ2) is 5.89. The third-order valence-corrected chi connectivity index (χ3v) is 3.03. The van der Waals surface area contributed by atoms with Gasteiger partial charge < -0.3 is 0 Å². The van der Waals surface area contributed by atoms with E-state index in [9.17, 15) is 9.18 Å². The summed E-state index contributed by atoms with van der Waals surface area (Å²) in [5.41, 5.74) is 2.67. The average Bonchev–Trinajstić information content (AvgIpc) is 2.29. The lowest BCUT2D eigenvalue weighted by atomic mass is 9.87. The van der Waals surface area contributed by atoms with Gasteiger partial charge in [-0.15, -0.1) is 0 Å². The van der Waals surface area contributed by atoms with Crippen LogP contribution in [0, 0.1) is 5.82 Å². The fourth-order valence-electron chi connectivity index (χ4n) is 2.12. The fraction of sp³-hybridized carbons (Fsp3) is 0.467. The standard InChI is InChI=1S/C15H20FNO/c1-9(2)12-6-11(16)7-13(10(3)4)14(12)8-15(18)17-5/h6-7,9-10H,5,8H2,1-4H3. The average molecular weight is 249 g/mol. The van der Waals surface area contributed by atoms with Crippen molar-refractivity contribution in [1.29, 1.82) is 0 Å². The van der Waals surface area contributed by atoms with Crippen LogP contribution in [0.5, 0.6) is 0 Å². The van der Waals surface area contributed by atoms with Gasteiger partial charge in [0.25, 0.3) is 0 Å². The maximum Gasteiger partial charge on any atom is 0.249 e. The van der Waals surface area contributed by atoms with Gasteiger partial charge in [-0.1, -0.05) is 27.7 Å². The van der Waals surface area contributed by atoms with Crippen LogP contribution in [0.15, 0.2) is 17.1 Å². The Kier molecular flexibility index (Phi) is 4.76. The molecule has 1 aromatic rings. The molecule has 0 heterocycles. The highest BCUT2D eigenvalue weighted by atomic mass is 19.1. The molecule has 0 radical (unpaired) electrons. The molecule has 0 atom stereocenters. The minimum atomic E-state index is -0.273. The lowest BCUT2D eigenvalue weighted by molar-refractivity contribution is -0.117. The van der Waals surface area contributed by atoms with E-state index in [2.05, 4.69) is 11.7 Å². The van der Waals surface area contributed by atoms with Crippen LogP contribution in [0.2, 0.25) is 0 Å². The molecule has 0 unspecified atom stereocenters. The minimum absolute atomic E-state index is 0.172. The van der Waals surface area contributed by atoms with Crippen molar-refractivity contribution in [3.8, 4) is 0 Å². The van der Waals surface area contributed by atoms with Gasteiger partial charge in [-0.25, -0.2) is 9.38 Å². The molecule has 3 heteroatoms. The van der Waals surface area contributed by atoms with Crippen LogP contribution in [0.4, 0.5) is 4.39 Å². The van der Waals surface area contributed by atoms with Crippen LogP contribution in [-0.4, -0.2) is 12.6 Å². The first kappa shape index (κ1) is 14.6. The molecule has 0 aliphatic carbocycles. The summed E-state index contributed by atoms with van der Waals surface area (Å²) in [5, 5.41) is 0. The molecule has 0 N–H and O–H groups in total. The van der Waals surface area contributed by atoms with Crippen LogP contribution in [-0.2, 0) is 11.2 Å². The molecule has 2 nitrogen and oxygen atoms in total. The van der Waals surface area contributed by atoms with Crippen LogP contribution in [0.1, 0.15) is 56.2 Å². The Balaban J connectivity index is 3.40. The topological polar surface area (TPSA) is 29.4 Å². The van der Waals surface area contributed by atoms with Gasteiger partial charge in [0.2, 0.25) is 5.91 Å². The SMILES string of the molecule is C=NC(=O)Cc1c(C(C)C)cc(F)cc1C(C)C. The maximum atomic E-state index is 13.6. The molecule has 1 aromatic carbocycles. The number of benzene rings is 1. The van der Waals surface area contributed by atoms with E-state index in [-0.39, 0.29) is 30.0 Å². The highest BCUT2D eigenvalue weighted by Gasteiger charge is 2.17. The van der Waals surface area contributed by atoms with Crippen molar-refractivity contribution in [3.05, 3.63) is 34.6 Å². The van der Waals surface area contributed by atoms with E-state index in [1.54, 1.807) is 0 Å². The van der Waals surface area contributed by atoms with Crippen LogP contribution >= 0.6 is 0 Å². The molecule has 0 saturated carbocycles. The van der Waals surface area contributed by atoms with E-state index in [1.165, 1.54) is 12.1 Å². The van der Waals surface area contributed by atoms with Crippen LogP contribution in [0.25, 0.3) is 0 Å². The van der Waals surface area contributed by atoms with E-state index < -0.39 is 0 Å². The molecule has 0 aromatic heterocycles. The zero-order chi connectivity index (χ0) is 13.9. The second-order valence-corrected chi connectivity index (χ2v) is 5.10. The third kappa shape index (κ3) is 3.25. The van der Waals surface area contributed by atoms with E-state index >= 15 is 0 Å². The van der Waals surface area contributed by atoms with Crippen molar-refractivity contribution in [1.82, 2.24) is 0 Å². The number of hydrogen-bond acceptors (Lipinski definition) is 1. The van der Waals surface area contributed by atoms with Crippen molar-refractivity contribution in [3.63, 3.8) is 0 Å². The Labute approximate surface area is 108 Å². The van der Waals surface area contributed by atoms with Crippen molar-refractivity contribution >= 4 is 12.6 Å². The zero-order valence-corrected chi connectivity index (χ0v) is 11.5. The minimum Gasteiger partial charge on any atom is -0.272 e. The summed E-state index contributed by atoms with van der Waals surface area (Å²) in [6.07, 6.45) is 0.199. The first-order chi connectivity index (χ1) is 8.36. The molecule has 0 fully saturated rings. The zero-order valence-electron chi connectivity index (χ0n) is 11.5. The normalized spacial score (nSPS) is 11.1. The quantitative estimate of drug-likeness (QED) is 0.745. The molecule has 1 amide bonds. The summed E-state index contributed by atoms with van der Waals surface area (Å²) >= 11 is 0. The Morgan fingerprint density at radius 3 is 2.00 bits per heavy atom. The number of halogens is 1. The summed E-state index contributed by atoms with van der Waals surface area (Å²) < 4.78 is 13.6. The van der Waals surface area contributed by atoms with Gasteiger partial charge in [0, 0.05) is 0 Å². The van der Waals surface area contributed by atoms with E-state index in [1.807, 2.05) is 27.7 Å². The van der Waals surface area contributed by atoms with Crippen LogP contribution in [0.3, 0.4) is 0 Å². The Hall–Kier alpha value is -1.51. The highest BCUT2D eigenvalue weighted by molar-refractivity contribution is 5.83. The predicted molar refractivity (Wildman–Crippen MR) is 72.8 cm³/mol. The van der Waals surface area contributed by atoms with Crippen molar-refractivity contribution in [2.45, 2.75) is 46.0 Å². The molecule has 0 aliphatic rings. The summed E-state index contributed by atoms with van der Waals surface area (Å²) in [7, 11) is 0. The van der Waals surface area contributed by atoms with Gasteiger partial charge in [0.1, 0.15) is 5.82 Å². The summed E-state index contributed by atoms with van der Waals surface area (Å²) in [6, 6.07) is 3.03. The second-order valence-electron chi connectivity index (χ2n) is 5.10. The van der Waals surface area contributed by atoms with Gasteiger partial charge >= 0.3 is 0 Å². The van der Waals surface area contributed by atoms with Crippen LogP contribution < -0.4 is 0 Å². The number of rotatable bonds is 4. The monoisotopic (exact) mass is 249 g/mol. The molecule has 0 bridgehead atoms. The Morgan fingerprint density at radius 2 is 1.67 bits per heavy atom. The maximum absolute atomic E-state index is 13.6. The van der Waals surface area contributed by atoms with Gasteiger partial charge in [0.15, 0.2) is 0 Å². The fourth-order valence-corrected chi connectivity index (χ4v) is 2.12. The Bertz CT molecular complexity index is 435. The summed E-state index contributed by atoms with van der Waals surface area (Å²) in [4.78, 5) is 14.9. The lowest BCUT2D eigenvalue weighted by Crippen LogP contribution is -2.09. The highest BCUT2D eigenvalue weighted by Crippen LogP contribution is 2.29. The molecular formula is C15H20FNO. The predicted octanol–water partition coefficient (Wildman–Crippen LogP) is 3.84. The molecular weight excluding hydrogens is 229 g/mol. The smallest absolute Gasteiger partial charge is 0.249 e. The molecule has 18 heavy (non-hydrogen) atoms. The Morgan fingerprint density at radius 1 is 1.22 bits per heavy atom. The van der Waals surface area contributed by atoms with Gasteiger partial charge in [-0.05, 0) is 47.4 Å². The molecule has 0 saturated heterocycles. The number of nitrogens with zero attached hydrogens (tertiary/aromatic N) is 1.